The highest BCUT2D eigenvalue weighted by atomic mass is 16.5. The smallest absolute Gasteiger partial charge is 0.253 e. The number of methoxy groups -OCH3 is 2. The second-order valence-corrected chi connectivity index (χ2v) is 8.37. The molecule has 1 aliphatic heterocycles. The molecule has 166 valence electrons. The number of carbonyl (C=O) groups excluding carboxylic acids is 2. The van der Waals surface area contributed by atoms with Crippen molar-refractivity contribution in [3.05, 3.63) is 59.7 Å². The lowest BCUT2D eigenvalue weighted by molar-refractivity contribution is -0.124. The SMILES string of the molecule is COc1ccc(OC)c([C@@H]2CN(C(=O)c3ccccc3)C[C@@H]2C(=O)NCCC(C)C)c1. The van der Waals surface area contributed by atoms with Crippen molar-refractivity contribution in [1.82, 2.24) is 10.2 Å². The maximum atomic E-state index is 13.1. The molecule has 6 heteroatoms. The minimum Gasteiger partial charge on any atom is -0.497 e. The van der Waals surface area contributed by atoms with E-state index in [4.69, 9.17) is 9.47 Å². The molecule has 6 nitrogen and oxygen atoms in total. The summed E-state index contributed by atoms with van der Waals surface area (Å²) in [6.07, 6.45) is 0.915. The highest BCUT2D eigenvalue weighted by Gasteiger charge is 2.41. The van der Waals surface area contributed by atoms with Gasteiger partial charge in [-0.05, 0) is 42.7 Å². The van der Waals surface area contributed by atoms with Gasteiger partial charge in [0, 0.05) is 36.7 Å². The maximum absolute atomic E-state index is 13.1. The Balaban J connectivity index is 1.89. The average Bonchev–Trinajstić information content (AvgIpc) is 3.23. The van der Waals surface area contributed by atoms with Crippen LogP contribution in [0.2, 0.25) is 0 Å². The van der Waals surface area contributed by atoms with Crippen LogP contribution in [-0.2, 0) is 4.79 Å². The van der Waals surface area contributed by atoms with E-state index in [0.29, 0.717) is 42.6 Å². The van der Waals surface area contributed by atoms with Crippen molar-refractivity contribution in [1.29, 1.82) is 0 Å². The van der Waals surface area contributed by atoms with Crippen LogP contribution in [-0.4, -0.2) is 50.6 Å². The van der Waals surface area contributed by atoms with Gasteiger partial charge in [0.2, 0.25) is 5.91 Å². The number of rotatable bonds is 8. The highest BCUT2D eigenvalue weighted by Crippen LogP contribution is 2.40. The fourth-order valence-electron chi connectivity index (χ4n) is 4.06. The van der Waals surface area contributed by atoms with E-state index in [-0.39, 0.29) is 23.7 Å². The van der Waals surface area contributed by atoms with Gasteiger partial charge in [-0.3, -0.25) is 9.59 Å². The maximum Gasteiger partial charge on any atom is 0.253 e. The third-order valence-electron chi connectivity index (χ3n) is 5.82. The molecule has 1 N–H and O–H groups in total. The Morgan fingerprint density at radius 3 is 2.45 bits per heavy atom. The summed E-state index contributed by atoms with van der Waals surface area (Å²) < 4.78 is 11.0. The number of hydrogen-bond donors (Lipinski definition) is 1. The molecule has 2 aromatic carbocycles. The largest absolute Gasteiger partial charge is 0.497 e. The first-order valence-corrected chi connectivity index (χ1v) is 10.8. The van der Waals surface area contributed by atoms with E-state index < -0.39 is 0 Å². The number of nitrogens with zero attached hydrogens (tertiary/aromatic N) is 1. The predicted octanol–water partition coefficient (Wildman–Crippen LogP) is 3.72. The van der Waals surface area contributed by atoms with E-state index >= 15 is 0 Å². The van der Waals surface area contributed by atoms with Gasteiger partial charge in [0.1, 0.15) is 11.5 Å². The molecule has 0 spiro atoms. The van der Waals surface area contributed by atoms with Crippen LogP contribution >= 0.6 is 0 Å². The molecular weight excluding hydrogens is 392 g/mol. The van der Waals surface area contributed by atoms with Crippen molar-refractivity contribution in [3.8, 4) is 11.5 Å². The Labute approximate surface area is 184 Å². The Kier molecular flexibility index (Phi) is 7.55. The molecule has 2 atom stereocenters. The van der Waals surface area contributed by atoms with Crippen molar-refractivity contribution in [2.24, 2.45) is 11.8 Å². The number of likely N-dealkylation sites (tertiary alicyclic amines) is 1. The van der Waals surface area contributed by atoms with Crippen LogP contribution in [0.1, 0.15) is 42.1 Å². The first-order chi connectivity index (χ1) is 14.9. The molecule has 1 heterocycles. The Hall–Kier alpha value is -3.02. The number of amides is 2. The minimum atomic E-state index is -0.360. The zero-order valence-corrected chi connectivity index (χ0v) is 18.8. The number of ether oxygens (including phenoxy) is 2. The molecule has 0 aliphatic carbocycles. The van der Waals surface area contributed by atoms with E-state index in [1.165, 1.54) is 0 Å². The summed E-state index contributed by atoms with van der Waals surface area (Å²) in [6, 6.07) is 14.8. The van der Waals surface area contributed by atoms with Gasteiger partial charge in [0.05, 0.1) is 20.1 Å². The van der Waals surface area contributed by atoms with Crippen LogP contribution < -0.4 is 14.8 Å². The molecule has 1 fully saturated rings. The summed E-state index contributed by atoms with van der Waals surface area (Å²) >= 11 is 0. The molecule has 2 amide bonds. The molecule has 1 saturated heterocycles. The number of benzene rings is 2. The van der Waals surface area contributed by atoms with Gasteiger partial charge in [-0.2, -0.15) is 0 Å². The average molecular weight is 425 g/mol. The number of nitrogens with one attached hydrogen (secondary N) is 1. The van der Waals surface area contributed by atoms with Crippen LogP contribution in [0.15, 0.2) is 48.5 Å². The molecule has 2 aromatic rings. The lowest BCUT2D eigenvalue weighted by atomic mass is 9.87. The third kappa shape index (κ3) is 5.37. The quantitative estimate of drug-likeness (QED) is 0.701. The topological polar surface area (TPSA) is 67.9 Å². The lowest BCUT2D eigenvalue weighted by Gasteiger charge is -2.21. The van der Waals surface area contributed by atoms with Gasteiger partial charge < -0.3 is 19.7 Å². The third-order valence-corrected chi connectivity index (χ3v) is 5.82. The fourth-order valence-corrected chi connectivity index (χ4v) is 4.06. The molecule has 0 bridgehead atoms. The van der Waals surface area contributed by atoms with Crippen LogP contribution in [0.5, 0.6) is 11.5 Å². The van der Waals surface area contributed by atoms with Gasteiger partial charge in [0.25, 0.3) is 5.91 Å². The van der Waals surface area contributed by atoms with Crippen molar-refractivity contribution in [2.75, 3.05) is 33.9 Å². The molecular formula is C25H32N2O4. The Morgan fingerprint density at radius 2 is 1.81 bits per heavy atom. The molecule has 3 rings (SSSR count). The van der Waals surface area contributed by atoms with Crippen LogP contribution in [0.25, 0.3) is 0 Å². The standard InChI is InChI=1S/C25H32N2O4/c1-17(2)12-13-26-24(28)22-16-27(25(29)18-8-6-5-7-9-18)15-21(22)20-14-19(30-3)10-11-23(20)31-4/h5-11,14,17,21-22H,12-13,15-16H2,1-4H3,(H,26,28)/t21-,22-/m0/s1. The zero-order chi connectivity index (χ0) is 22.4. The van der Waals surface area contributed by atoms with E-state index in [2.05, 4.69) is 19.2 Å². The summed E-state index contributed by atoms with van der Waals surface area (Å²) in [5.41, 5.74) is 1.51. The molecule has 31 heavy (non-hydrogen) atoms. The first kappa shape index (κ1) is 22.7. The van der Waals surface area contributed by atoms with Crippen molar-refractivity contribution >= 4 is 11.8 Å². The summed E-state index contributed by atoms with van der Waals surface area (Å²) in [5, 5.41) is 3.07. The van der Waals surface area contributed by atoms with Gasteiger partial charge >= 0.3 is 0 Å². The summed E-state index contributed by atoms with van der Waals surface area (Å²) in [4.78, 5) is 28.0. The zero-order valence-electron chi connectivity index (χ0n) is 18.8. The molecule has 0 saturated carbocycles. The van der Waals surface area contributed by atoms with Crippen LogP contribution in [0, 0.1) is 11.8 Å². The van der Waals surface area contributed by atoms with Gasteiger partial charge in [-0.15, -0.1) is 0 Å². The Bertz CT molecular complexity index is 898. The fraction of sp³-hybridized carbons (Fsp3) is 0.440. The van der Waals surface area contributed by atoms with Crippen molar-refractivity contribution in [2.45, 2.75) is 26.2 Å². The van der Waals surface area contributed by atoms with Crippen LogP contribution in [0.4, 0.5) is 0 Å². The normalized spacial score (nSPS) is 18.2. The summed E-state index contributed by atoms with van der Waals surface area (Å²) in [7, 11) is 3.23. The van der Waals surface area contributed by atoms with Crippen molar-refractivity contribution < 1.29 is 19.1 Å². The van der Waals surface area contributed by atoms with E-state index in [9.17, 15) is 9.59 Å². The number of hydrogen-bond acceptors (Lipinski definition) is 4. The minimum absolute atomic E-state index is 0.0288. The molecule has 0 aromatic heterocycles. The van der Waals surface area contributed by atoms with E-state index in [1.807, 2.05) is 36.4 Å². The molecule has 1 aliphatic rings. The number of carbonyl (C=O) groups is 2. The predicted molar refractivity (Wildman–Crippen MR) is 121 cm³/mol. The second-order valence-electron chi connectivity index (χ2n) is 8.37. The second kappa shape index (κ2) is 10.3. The molecule has 0 unspecified atom stereocenters. The summed E-state index contributed by atoms with van der Waals surface area (Å²) in [6.45, 7) is 5.70. The van der Waals surface area contributed by atoms with E-state index in [0.717, 1.165) is 12.0 Å². The van der Waals surface area contributed by atoms with Gasteiger partial charge in [0.15, 0.2) is 0 Å². The summed E-state index contributed by atoms with van der Waals surface area (Å²) in [5.74, 6) is 1.26. The van der Waals surface area contributed by atoms with Crippen LogP contribution in [0.3, 0.4) is 0 Å². The Morgan fingerprint density at radius 1 is 1.06 bits per heavy atom. The van der Waals surface area contributed by atoms with Gasteiger partial charge in [-0.25, -0.2) is 0 Å². The van der Waals surface area contributed by atoms with E-state index in [1.54, 1.807) is 31.3 Å². The van der Waals surface area contributed by atoms with Crippen molar-refractivity contribution in [3.63, 3.8) is 0 Å². The monoisotopic (exact) mass is 424 g/mol. The highest BCUT2D eigenvalue weighted by molar-refractivity contribution is 5.95. The van der Waals surface area contributed by atoms with Gasteiger partial charge in [-0.1, -0.05) is 32.0 Å². The first-order valence-electron chi connectivity index (χ1n) is 10.8. The molecule has 0 radical (unpaired) electrons. The lowest BCUT2D eigenvalue weighted by Crippen LogP contribution is -2.36.